The number of carbonyl (C=O) groups is 1. The predicted molar refractivity (Wildman–Crippen MR) is 153 cm³/mol. The van der Waals surface area contributed by atoms with Crippen LogP contribution in [0, 0.1) is 17.8 Å². The SMILES string of the molecule is CC(c1ccccc1)N1C(=O)/C(=C/c2cn(-c3ccccc3)nc2C23CC4CC(CC(C4)C2)C3)SC1=S. The predicted octanol–water partition coefficient (Wildman–Crippen LogP) is 7.30. The van der Waals surface area contributed by atoms with E-state index in [4.69, 9.17) is 17.3 Å². The lowest BCUT2D eigenvalue weighted by Gasteiger charge is -2.56. The van der Waals surface area contributed by atoms with Crippen LogP contribution >= 0.6 is 24.0 Å². The van der Waals surface area contributed by atoms with E-state index in [0.29, 0.717) is 9.23 Å². The summed E-state index contributed by atoms with van der Waals surface area (Å²) < 4.78 is 2.65. The van der Waals surface area contributed by atoms with E-state index in [2.05, 4.69) is 55.6 Å². The average Bonchev–Trinajstić information content (AvgIpc) is 3.45. The Balaban J connectivity index is 1.29. The minimum atomic E-state index is -0.103. The monoisotopic (exact) mass is 525 g/mol. The second-order valence-electron chi connectivity index (χ2n) is 11.5. The molecule has 1 unspecified atom stereocenters. The highest BCUT2D eigenvalue weighted by Crippen LogP contribution is 2.61. The molecule has 1 aromatic heterocycles. The summed E-state index contributed by atoms with van der Waals surface area (Å²) in [6, 6.07) is 20.4. The van der Waals surface area contributed by atoms with Crippen molar-refractivity contribution in [1.29, 1.82) is 0 Å². The molecule has 1 aliphatic heterocycles. The van der Waals surface area contributed by atoms with Gasteiger partial charge in [0.2, 0.25) is 0 Å². The van der Waals surface area contributed by atoms with Gasteiger partial charge in [-0.1, -0.05) is 72.5 Å². The van der Waals surface area contributed by atoms with Crippen LogP contribution in [0.15, 0.2) is 71.8 Å². The molecule has 1 atom stereocenters. The van der Waals surface area contributed by atoms with Crippen LogP contribution in [-0.2, 0) is 10.2 Å². The molecule has 1 saturated heterocycles. The molecule has 4 aliphatic carbocycles. The lowest BCUT2D eigenvalue weighted by Crippen LogP contribution is -2.49. The van der Waals surface area contributed by atoms with Crippen molar-refractivity contribution in [2.24, 2.45) is 17.8 Å². The normalized spacial score (nSPS) is 30.5. The minimum absolute atomic E-state index is 0.00437. The highest BCUT2D eigenvalue weighted by atomic mass is 32.2. The topological polar surface area (TPSA) is 38.1 Å². The molecule has 8 rings (SSSR count). The summed E-state index contributed by atoms with van der Waals surface area (Å²) in [6.07, 6.45) is 12.1. The molecule has 4 nitrogen and oxygen atoms in total. The van der Waals surface area contributed by atoms with E-state index in [9.17, 15) is 4.79 Å². The Morgan fingerprint density at radius 2 is 1.57 bits per heavy atom. The molecule has 4 bridgehead atoms. The number of hydrogen-bond acceptors (Lipinski definition) is 4. The first kappa shape index (κ1) is 23.4. The third-order valence-corrected chi connectivity index (χ3v) is 10.4. The van der Waals surface area contributed by atoms with Crippen molar-refractivity contribution in [2.45, 2.75) is 56.9 Å². The van der Waals surface area contributed by atoms with Gasteiger partial charge in [0.1, 0.15) is 4.32 Å². The molecule has 0 spiro atoms. The number of aromatic nitrogens is 2. The van der Waals surface area contributed by atoms with E-state index in [1.54, 1.807) is 4.90 Å². The maximum Gasteiger partial charge on any atom is 0.266 e. The van der Waals surface area contributed by atoms with Gasteiger partial charge in [-0.15, -0.1) is 0 Å². The van der Waals surface area contributed by atoms with Crippen LogP contribution in [0.3, 0.4) is 0 Å². The van der Waals surface area contributed by atoms with Crippen molar-refractivity contribution in [3.8, 4) is 5.69 Å². The number of carbonyl (C=O) groups excluding carboxylic acids is 1. The van der Waals surface area contributed by atoms with Crippen molar-refractivity contribution in [3.05, 3.63) is 88.6 Å². The van der Waals surface area contributed by atoms with Crippen LogP contribution in [0.1, 0.15) is 68.3 Å². The number of hydrogen-bond donors (Lipinski definition) is 0. The standard InChI is InChI=1S/C31H31N3OS2/c1-20(24-8-4-2-5-9-24)34-29(35)27(37-30(34)36)15-25-19-33(26-10-6-3-7-11-26)32-28(25)31-16-21-12-22(17-31)14-23(13-21)18-31/h2-11,15,19-23H,12-14,16-18H2,1H3/b27-15-. The van der Waals surface area contributed by atoms with Gasteiger partial charge in [0.15, 0.2) is 0 Å². The summed E-state index contributed by atoms with van der Waals surface area (Å²) in [5, 5.41) is 5.26. The molecule has 37 heavy (non-hydrogen) atoms. The molecular formula is C31H31N3OS2. The number of amides is 1. The Hall–Kier alpha value is -2.70. The smallest absolute Gasteiger partial charge is 0.266 e. The summed E-state index contributed by atoms with van der Waals surface area (Å²) in [7, 11) is 0. The van der Waals surface area contributed by atoms with Crippen molar-refractivity contribution >= 4 is 40.3 Å². The van der Waals surface area contributed by atoms with Gasteiger partial charge in [0.25, 0.3) is 5.91 Å². The van der Waals surface area contributed by atoms with Gasteiger partial charge in [-0.25, -0.2) is 4.68 Å². The fraction of sp³-hybridized carbons (Fsp3) is 0.387. The third-order valence-electron chi connectivity index (χ3n) is 9.08. The van der Waals surface area contributed by atoms with E-state index in [-0.39, 0.29) is 17.4 Å². The maximum atomic E-state index is 13.7. The number of benzene rings is 2. The van der Waals surface area contributed by atoms with Crippen LogP contribution in [0.4, 0.5) is 0 Å². The van der Waals surface area contributed by atoms with Crippen LogP contribution in [0.5, 0.6) is 0 Å². The largest absolute Gasteiger partial charge is 0.286 e. The molecule has 5 aliphatic rings. The van der Waals surface area contributed by atoms with Crippen molar-refractivity contribution in [3.63, 3.8) is 0 Å². The van der Waals surface area contributed by atoms with Gasteiger partial charge in [0, 0.05) is 17.2 Å². The Bertz CT molecular complexity index is 1360. The lowest BCUT2D eigenvalue weighted by molar-refractivity contribution is -0.123. The maximum absolute atomic E-state index is 13.7. The lowest BCUT2D eigenvalue weighted by atomic mass is 9.48. The summed E-state index contributed by atoms with van der Waals surface area (Å²) in [5.41, 5.74) is 4.55. The zero-order valence-electron chi connectivity index (χ0n) is 21.0. The number of thiocarbonyl (C=S) groups is 1. The first-order valence-electron chi connectivity index (χ1n) is 13.5. The van der Waals surface area contributed by atoms with E-state index in [1.807, 2.05) is 28.9 Å². The Morgan fingerprint density at radius 1 is 0.973 bits per heavy atom. The van der Waals surface area contributed by atoms with Crippen molar-refractivity contribution < 1.29 is 4.79 Å². The fourth-order valence-electron chi connectivity index (χ4n) is 7.85. The molecule has 2 aromatic carbocycles. The molecule has 0 N–H and O–H groups in total. The molecule has 3 aromatic rings. The first-order valence-corrected chi connectivity index (χ1v) is 14.7. The molecular weight excluding hydrogens is 494 g/mol. The summed E-state index contributed by atoms with van der Waals surface area (Å²) >= 11 is 7.15. The van der Waals surface area contributed by atoms with E-state index < -0.39 is 0 Å². The Kier molecular flexibility index (Phi) is 5.67. The molecule has 4 saturated carbocycles. The van der Waals surface area contributed by atoms with Gasteiger partial charge >= 0.3 is 0 Å². The van der Waals surface area contributed by atoms with Crippen molar-refractivity contribution in [1.82, 2.24) is 14.7 Å². The average molecular weight is 526 g/mol. The minimum Gasteiger partial charge on any atom is -0.286 e. The molecule has 6 heteroatoms. The fourth-order valence-corrected chi connectivity index (χ4v) is 9.26. The van der Waals surface area contributed by atoms with Crippen LogP contribution in [0.2, 0.25) is 0 Å². The van der Waals surface area contributed by atoms with Gasteiger partial charge in [0.05, 0.1) is 22.3 Å². The summed E-state index contributed by atoms with van der Waals surface area (Å²) in [5.74, 6) is 2.47. The molecule has 2 heterocycles. The Labute approximate surface area is 228 Å². The van der Waals surface area contributed by atoms with Crippen molar-refractivity contribution in [2.75, 3.05) is 0 Å². The van der Waals surface area contributed by atoms with Crippen LogP contribution in [-0.4, -0.2) is 24.9 Å². The summed E-state index contributed by atoms with van der Waals surface area (Å²) in [6.45, 7) is 2.05. The number of rotatable bonds is 5. The highest BCUT2D eigenvalue weighted by Gasteiger charge is 2.53. The number of para-hydroxylation sites is 1. The van der Waals surface area contributed by atoms with E-state index in [1.165, 1.54) is 56.0 Å². The second-order valence-corrected chi connectivity index (χ2v) is 13.2. The summed E-state index contributed by atoms with van der Waals surface area (Å²) in [4.78, 5) is 16.2. The second kappa shape index (κ2) is 8.95. The van der Waals surface area contributed by atoms with E-state index in [0.717, 1.165) is 34.6 Å². The van der Waals surface area contributed by atoms with Gasteiger partial charge in [-0.05, 0) is 87.0 Å². The van der Waals surface area contributed by atoms with Gasteiger partial charge in [-0.2, -0.15) is 5.10 Å². The first-order chi connectivity index (χ1) is 18.0. The number of nitrogens with zero attached hydrogens (tertiary/aromatic N) is 3. The van der Waals surface area contributed by atoms with Crippen LogP contribution < -0.4 is 0 Å². The Morgan fingerprint density at radius 3 is 2.19 bits per heavy atom. The van der Waals surface area contributed by atoms with Gasteiger partial charge < -0.3 is 0 Å². The zero-order chi connectivity index (χ0) is 25.1. The zero-order valence-corrected chi connectivity index (χ0v) is 22.7. The number of thioether (sulfide) groups is 1. The van der Waals surface area contributed by atoms with Gasteiger partial charge in [-0.3, -0.25) is 9.69 Å². The van der Waals surface area contributed by atoms with Crippen LogP contribution in [0.25, 0.3) is 11.8 Å². The molecule has 5 fully saturated rings. The molecule has 0 radical (unpaired) electrons. The third kappa shape index (κ3) is 4.00. The van der Waals surface area contributed by atoms with E-state index >= 15 is 0 Å². The molecule has 1 amide bonds. The molecule has 188 valence electrons. The highest BCUT2D eigenvalue weighted by molar-refractivity contribution is 8.26. The quantitative estimate of drug-likeness (QED) is 0.259.